The third kappa shape index (κ3) is 5.96. The van der Waals surface area contributed by atoms with Crippen molar-refractivity contribution in [3.05, 3.63) is 89.0 Å². The SMILES string of the molecule is Cc1cc(C)c(NC(=O)COc2ccc(S(=O)(=O)N[C@@H](C)c3ccccc3)cc2)c(C)c1. The van der Waals surface area contributed by atoms with E-state index in [0.717, 1.165) is 27.9 Å². The van der Waals surface area contributed by atoms with Crippen LogP contribution < -0.4 is 14.8 Å². The molecule has 2 N–H and O–H groups in total. The van der Waals surface area contributed by atoms with Crippen molar-refractivity contribution in [2.45, 2.75) is 38.6 Å². The minimum absolute atomic E-state index is 0.128. The largest absolute Gasteiger partial charge is 0.484 e. The summed E-state index contributed by atoms with van der Waals surface area (Å²) >= 11 is 0. The van der Waals surface area contributed by atoms with Crippen LogP contribution in [0.1, 0.15) is 35.2 Å². The Bertz CT molecular complexity index is 1170. The Hall–Kier alpha value is -3.16. The zero-order valence-corrected chi connectivity index (χ0v) is 19.5. The van der Waals surface area contributed by atoms with Gasteiger partial charge in [-0.25, -0.2) is 13.1 Å². The van der Waals surface area contributed by atoms with E-state index in [4.69, 9.17) is 4.74 Å². The molecule has 0 bridgehead atoms. The van der Waals surface area contributed by atoms with Crippen LogP contribution in [0, 0.1) is 20.8 Å². The predicted molar refractivity (Wildman–Crippen MR) is 126 cm³/mol. The molecule has 0 saturated heterocycles. The van der Waals surface area contributed by atoms with E-state index in [9.17, 15) is 13.2 Å². The molecule has 0 aliphatic carbocycles. The first-order valence-corrected chi connectivity index (χ1v) is 11.8. The van der Waals surface area contributed by atoms with Gasteiger partial charge in [0.15, 0.2) is 6.61 Å². The lowest BCUT2D eigenvalue weighted by Gasteiger charge is -2.15. The molecule has 0 saturated carbocycles. The van der Waals surface area contributed by atoms with Gasteiger partial charge in [-0.1, -0.05) is 48.0 Å². The fourth-order valence-corrected chi connectivity index (χ4v) is 4.76. The highest BCUT2D eigenvalue weighted by molar-refractivity contribution is 7.89. The number of nitrogens with one attached hydrogen (secondary N) is 2. The molecule has 0 radical (unpaired) electrons. The standard InChI is InChI=1S/C25H28N2O4S/c1-17-14-18(2)25(19(3)15-17)26-24(28)16-31-22-10-12-23(13-11-22)32(29,30)27-20(4)21-8-6-5-7-9-21/h5-15,20,27H,16H2,1-4H3,(H,26,28)/t20-/m0/s1. The van der Waals surface area contributed by atoms with Crippen molar-refractivity contribution in [1.29, 1.82) is 0 Å². The van der Waals surface area contributed by atoms with Gasteiger partial charge < -0.3 is 10.1 Å². The minimum Gasteiger partial charge on any atom is -0.484 e. The van der Waals surface area contributed by atoms with Crippen molar-refractivity contribution >= 4 is 21.6 Å². The number of benzene rings is 3. The highest BCUT2D eigenvalue weighted by atomic mass is 32.2. The Balaban J connectivity index is 1.59. The maximum Gasteiger partial charge on any atom is 0.262 e. The zero-order chi connectivity index (χ0) is 23.3. The molecule has 0 aliphatic rings. The van der Waals surface area contributed by atoms with Crippen molar-refractivity contribution in [2.24, 2.45) is 0 Å². The van der Waals surface area contributed by atoms with E-state index in [-0.39, 0.29) is 23.5 Å². The first-order valence-electron chi connectivity index (χ1n) is 10.3. The van der Waals surface area contributed by atoms with Crippen molar-refractivity contribution < 1.29 is 17.9 Å². The van der Waals surface area contributed by atoms with Gasteiger partial charge in [-0.15, -0.1) is 0 Å². The van der Waals surface area contributed by atoms with Crippen molar-refractivity contribution in [1.82, 2.24) is 4.72 Å². The molecular weight excluding hydrogens is 424 g/mol. The summed E-state index contributed by atoms with van der Waals surface area (Å²) in [5.41, 5.74) is 4.77. The average Bonchev–Trinajstić information content (AvgIpc) is 2.75. The highest BCUT2D eigenvalue weighted by Gasteiger charge is 2.18. The molecule has 1 amide bonds. The lowest BCUT2D eigenvalue weighted by molar-refractivity contribution is -0.118. The number of sulfonamides is 1. The van der Waals surface area contributed by atoms with E-state index >= 15 is 0 Å². The van der Waals surface area contributed by atoms with Gasteiger partial charge >= 0.3 is 0 Å². The third-order valence-electron chi connectivity index (χ3n) is 5.08. The molecule has 0 unspecified atom stereocenters. The topological polar surface area (TPSA) is 84.5 Å². The van der Waals surface area contributed by atoms with Crippen LogP contribution in [0.25, 0.3) is 0 Å². The van der Waals surface area contributed by atoms with Crippen LogP contribution in [0.4, 0.5) is 5.69 Å². The molecule has 3 rings (SSSR count). The summed E-state index contributed by atoms with van der Waals surface area (Å²) < 4.78 is 33.5. The molecule has 3 aromatic rings. The summed E-state index contributed by atoms with van der Waals surface area (Å²) in [6.07, 6.45) is 0. The molecule has 168 valence electrons. The van der Waals surface area contributed by atoms with Gasteiger partial charge in [-0.05, 0) is 68.7 Å². The Kier molecular flexibility index (Phi) is 7.33. The first kappa shape index (κ1) is 23.5. The van der Waals surface area contributed by atoms with E-state index in [1.54, 1.807) is 6.92 Å². The Labute approximate surface area is 189 Å². The first-order chi connectivity index (χ1) is 15.2. The minimum atomic E-state index is -3.69. The number of hydrogen-bond donors (Lipinski definition) is 2. The molecule has 0 spiro atoms. The molecule has 7 heteroatoms. The van der Waals surface area contributed by atoms with Gasteiger partial charge in [0.05, 0.1) is 4.90 Å². The zero-order valence-electron chi connectivity index (χ0n) is 18.7. The van der Waals surface area contributed by atoms with Crippen LogP contribution in [0.5, 0.6) is 5.75 Å². The number of carbonyl (C=O) groups is 1. The number of rotatable bonds is 8. The number of hydrogen-bond acceptors (Lipinski definition) is 4. The highest BCUT2D eigenvalue weighted by Crippen LogP contribution is 2.22. The summed E-state index contributed by atoms with van der Waals surface area (Å²) in [4.78, 5) is 12.4. The van der Waals surface area contributed by atoms with Gasteiger partial charge in [-0.2, -0.15) is 0 Å². The number of ether oxygens (including phenoxy) is 1. The summed E-state index contributed by atoms with van der Waals surface area (Å²) in [7, 11) is -3.69. The maximum absolute atomic E-state index is 12.7. The van der Waals surface area contributed by atoms with Crippen LogP contribution >= 0.6 is 0 Å². The normalized spacial score (nSPS) is 12.2. The Morgan fingerprint density at radius 2 is 1.53 bits per heavy atom. The lowest BCUT2D eigenvalue weighted by atomic mass is 10.1. The van der Waals surface area contributed by atoms with Gasteiger partial charge in [-0.3, -0.25) is 4.79 Å². The van der Waals surface area contributed by atoms with Gasteiger partial charge in [0.25, 0.3) is 5.91 Å². The smallest absolute Gasteiger partial charge is 0.262 e. The van der Waals surface area contributed by atoms with Crippen LogP contribution in [0.15, 0.2) is 71.6 Å². The molecular formula is C25H28N2O4S. The second-order valence-corrected chi connectivity index (χ2v) is 9.55. The molecule has 32 heavy (non-hydrogen) atoms. The summed E-state index contributed by atoms with van der Waals surface area (Å²) in [6, 6.07) is 19.0. The molecule has 0 aliphatic heterocycles. The Morgan fingerprint density at radius 1 is 0.938 bits per heavy atom. The number of amides is 1. The van der Waals surface area contributed by atoms with E-state index in [1.165, 1.54) is 24.3 Å². The quantitative estimate of drug-likeness (QED) is 0.520. The van der Waals surface area contributed by atoms with Crippen molar-refractivity contribution in [3.63, 3.8) is 0 Å². The maximum atomic E-state index is 12.7. The van der Waals surface area contributed by atoms with E-state index < -0.39 is 10.0 Å². The summed E-state index contributed by atoms with van der Waals surface area (Å²) in [5, 5.41) is 2.88. The number of anilines is 1. The Morgan fingerprint density at radius 3 is 2.12 bits per heavy atom. The number of aryl methyl sites for hydroxylation is 3. The molecule has 0 heterocycles. The number of carbonyl (C=O) groups excluding carboxylic acids is 1. The van der Waals surface area contributed by atoms with Gasteiger partial charge in [0, 0.05) is 11.7 Å². The van der Waals surface area contributed by atoms with Crippen molar-refractivity contribution in [2.75, 3.05) is 11.9 Å². The summed E-state index contributed by atoms with van der Waals surface area (Å²) in [5.74, 6) is 0.127. The van der Waals surface area contributed by atoms with Crippen LogP contribution in [-0.2, 0) is 14.8 Å². The fraction of sp³-hybridized carbons (Fsp3) is 0.240. The second-order valence-electron chi connectivity index (χ2n) is 7.84. The lowest BCUT2D eigenvalue weighted by Crippen LogP contribution is -2.26. The van der Waals surface area contributed by atoms with Crippen molar-refractivity contribution in [3.8, 4) is 5.75 Å². The van der Waals surface area contributed by atoms with Crippen LogP contribution in [0.3, 0.4) is 0 Å². The molecule has 0 aromatic heterocycles. The van der Waals surface area contributed by atoms with E-state index in [0.29, 0.717) is 5.75 Å². The van der Waals surface area contributed by atoms with Gasteiger partial charge in [0.2, 0.25) is 10.0 Å². The monoisotopic (exact) mass is 452 g/mol. The molecule has 0 fully saturated rings. The van der Waals surface area contributed by atoms with Crippen LogP contribution in [0.2, 0.25) is 0 Å². The van der Waals surface area contributed by atoms with Gasteiger partial charge in [0.1, 0.15) is 5.75 Å². The predicted octanol–water partition coefficient (Wildman–Crippen LogP) is 4.67. The third-order valence-corrected chi connectivity index (χ3v) is 6.63. The average molecular weight is 453 g/mol. The second kappa shape index (κ2) is 9.97. The summed E-state index contributed by atoms with van der Waals surface area (Å²) in [6.45, 7) is 7.52. The van der Waals surface area contributed by atoms with E-state index in [1.807, 2.05) is 63.2 Å². The molecule has 1 atom stereocenters. The molecule has 6 nitrogen and oxygen atoms in total. The van der Waals surface area contributed by atoms with E-state index in [2.05, 4.69) is 10.0 Å². The fourth-order valence-electron chi connectivity index (χ4n) is 3.53. The van der Waals surface area contributed by atoms with Crippen LogP contribution in [-0.4, -0.2) is 20.9 Å². The molecule has 3 aromatic carbocycles.